The third kappa shape index (κ3) is 3.28. The van der Waals surface area contributed by atoms with E-state index in [2.05, 4.69) is 4.99 Å². The normalized spacial score (nSPS) is 17.6. The van der Waals surface area contributed by atoms with Gasteiger partial charge in [-0.15, -0.1) is 0 Å². The van der Waals surface area contributed by atoms with Crippen LogP contribution in [0.5, 0.6) is 11.5 Å². The molecule has 1 N–H and O–H groups in total. The molecule has 3 aromatic carbocycles. The average molecular weight is 492 g/mol. The highest BCUT2D eigenvalue weighted by Crippen LogP contribution is 2.50. The second-order valence-corrected chi connectivity index (χ2v) is 9.84. The molecule has 1 heterocycles. The molecule has 1 aliphatic heterocycles. The van der Waals surface area contributed by atoms with E-state index in [1.165, 1.54) is 26.4 Å². The number of halogens is 2. The Balaban J connectivity index is 2.07. The van der Waals surface area contributed by atoms with Crippen molar-refractivity contribution in [2.75, 3.05) is 14.2 Å². The summed E-state index contributed by atoms with van der Waals surface area (Å²) >= 11 is 12.8. The van der Waals surface area contributed by atoms with Crippen molar-refractivity contribution in [1.29, 1.82) is 0 Å². The first-order valence-electron chi connectivity index (χ1n) is 9.49. The van der Waals surface area contributed by atoms with Crippen molar-refractivity contribution in [2.24, 2.45) is 4.99 Å². The fourth-order valence-corrected chi connectivity index (χ4v) is 6.02. The van der Waals surface area contributed by atoms with Gasteiger partial charge in [-0.2, -0.15) is 0 Å². The predicted molar refractivity (Wildman–Crippen MR) is 124 cm³/mol. The molecule has 0 radical (unpaired) electrons. The number of hydrogen-bond acceptors (Lipinski definition) is 6. The molecule has 0 saturated heterocycles. The fraction of sp³-hybridized carbons (Fsp3) is 0.174. The summed E-state index contributed by atoms with van der Waals surface area (Å²) in [6, 6.07) is 14.0. The van der Waals surface area contributed by atoms with E-state index in [1.54, 1.807) is 49.4 Å². The minimum absolute atomic E-state index is 0.0840. The van der Waals surface area contributed by atoms with Crippen LogP contribution in [-0.2, 0) is 15.4 Å². The highest BCUT2D eigenvalue weighted by molar-refractivity contribution is 8.06. The maximum atomic E-state index is 13.9. The number of aliphatic imine (C=N–C) groups is 1. The Hall–Kier alpha value is -2.58. The molecule has 32 heavy (non-hydrogen) atoms. The summed E-state index contributed by atoms with van der Waals surface area (Å²) in [5, 5.41) is 12.2. The molecule has 0 amide bonds. The molecule has 0 saturated carbocycles. The van der Waals surface area contributed by atoms with Crippen molar-refractivity contribution in [2.45, 2.75) is 17.4 Å². The van der Waals surface area contributed by atoms with Crippen LogP contribution in [0.3, 0.4) is 0 Å². The Morgan fingerprint density at radius 1 is 0.969 bits per heavy atom. The molecule has 3 aromatic rings. The lowest BCUT2D eigenvalue weighted by molar-refractivity contribution is 0.162. The quantitative estimate of drug-likeness (QED) is 0.550. The van der Waals surface area contributed by atoms with Gasteiger partial charge in [0.15, 0.2) is 10.6 Å². The first kappa shape index (κ1) is 22.6. The number of aliphatic hydroxyl groups is 1. The Labute approximate surface area is 196 Å². The van der Waals surface area contributed by atoms with E-state index in [0.29, 0.717) is 16.3 Å². The van der Waals surface area contributed by atoms with E-state index >= 15 is 0 Å². The van der Waals surface area contributed by atoms with Crippen molar-refractivity contribution in [3.63, 3.8) is 0 Å². The zero-order valence-corrected chi connectivity index (χ0v) is 19.7. The molecule has 4 rings (SSSR count). The highest BCUT2D eigenvalue weighted by atomic mass is 35.5. The van der Waals surface area contributed by atoms with Crippen LogP contribution >= 0.6 is 23.2 Å². The van der Waals surface area contributed by atoms with Gasteiger partial charge in [-0.05, 0) is 42.8 Å². The summed E-state index contributed by atoms with van der Waals surface area (Å²) in [5.74, 6) is 0.390. The van der Waals surface area contributed by atoms with Crippen LogP contribution in [0.4, 0.5) is 5.69 Å². The summed E-state index contributed by atoms with van der Waals surface area (Å²) in [5.41, 5.74) is -0.948. The Morgan fingerprint density at radius 2 is 1.69 bits per heavy atom. The zero-order chi connectivity index (χ0) is 23.3. The molecule has 1 unspecified atom stereocenters. The number of fused-ring (bicyclic) bond motifs is 1. The highest BCUT2D eigenvalue weighted by Gasteiger charge is 2.52. The minimum atomic E-state index is -4.39. The second-order valence-electron chi connectivity index (χ2n) is 7.19. The molecule has 0 spiro atoms. The van der Waals surface area contributed by atoms with Crippen molar-refractivity contribution in [1.82, 2.24) is 0 Å². The van der Waals surface area contributed by atoms with E-state index in [9.17, 15) is 13.5 Å². The third-order valence-electron chi connectivity index (χ3n) is 5.45. The third-order valence-corrected chi connectivity index (χ3v) is 7.98. The van der Waals surface area contributed by atoms with E-state index in [0.717, 1.165) is 0 Å². The van der Waals surface area contributed by atoms with Crippen LogP contribution < -0.4 is 9.47 Å². The van der Waals surface area contributed by atoms with Crippen LogP contribution in [0, 0.1) is 6.92 Å². The van der Waals surface area contributed by atoms with Gasteiger partial charge in [-0.1, -0.05) is 41.4 Å². The average Bonchev–Trinajstić information content (AvgIpc) is 3.10. The van der Waals surface area contributed by atoms with Gasteiger partial charge in [0.25, 0.3) is 0 Å². The van der Waals surface area contributed by atoms with Crippen molar-refractivity contribution >= 4 is 43.8 Å². The van der Waals surface area contributed by atoms with Crippen LogP contribution in [-0.4, -0.2) is 32.8 Å². The summed E-state index contributed by atoms with van der Waals surface area (Å²) in [7, 11) is -1.61. The first-order valence-corrected chi connectivity index (χ1v) is 11.7. The lowest BCUT2D eigenvalue weighted by Gasteiger charge is -2.29. The SMILES string of the molecule is COc1ccc(OC)c(S(=O)(=O)C2=Nc3ccc(Cl)c(C)c3C2(O)c2ccccc2Cl)c1. The zero-order valence-electron chi connectivity index (χ0n) is 17.4. The number of ether oxygens (including phenoxy) is 2. The van der Waals surface area contributed by atoms with Gasteiger partial charge in [0, 0.05) is 27.2 Å². The molecule has 0 fully saturated rings. The van der Waals surface area contributed by atoms with Gasteiger partial charge in [0.2, 0.25) is 9.84 Å². The van der Waals surface area contributed by atoms with Crippen LogP contribution in [0.15, 0.2) is 64.5 Å². The Kier molecular flexibility index (Phi) is 5.71. The monoisotopic (exact) mass is 491 g/mol. The number of rotatable bonds is 4. The summed E-state index contributed by atoms with van der Waals surface area (Å²) in [6.45, 7) is 1.69. The summed E-state index contributed by atoms with van der Waals surface area (Å²) in [6.07, 6.45) is 0. The molecular weight excluding hydrogens is 473 g/mol. The molecule has 0 aliphatic carbocycles. The number of benzene rings is 3. The first-order chi connectivity index (χ1) is 15.2. The predicted octanol–water partition coefficient (Wildman–Crippen LogP) is 5.07. The van der Waals surface area contributed by atoms with Gasteiger partial charge in [0.1, 0.15) is 16.4 Å². The molecule has 9 heteroatoms. The van der Waals surface area contributed by atoms with Gasteiger partial charge in [-0.25, -0.2) is 13.4 Å². The second kappa shape index (κ2) is 8.08. The Bertz CT molecular complexity index is 1370. The van der Waals surface area contributed by atoms with Gasteiger partial charge >= 0.3 is 0 Å². The molecular formula is C23H19Cl2NO5S. The molecule has 0 aromatic heterocycles. The minimum Gasteiger partial charge on any atom is -0.497 e. The van der Waals surface area contributed by atoms with E-state index in [-0.39, 0.29) is 32.5 Å². The van der Waals surface area contributed by atoms with Crippen molar-refractivity contribution in [3.05, 3.63) is 81.3 Å². The lowest BCUT2D eigenvalue weighted by atomic mass is 9.85. The van der Waals surface area contributed by atoms with Gasteiger partial charge in [0.05, 0.1) is 19.9 Å². The standard InChI is InChI=1S/C23H19Cl2NO5S/c1-13-16(24)9-10-18-21(13)23(27,15-6-4-5-7-17(15)25)22(26-18)32(28,29)20-12-14(30-2)8-11-19(20)31-3/h4-12,27H,1-3H3. The summed E-state index contributed by atoms with van der Waals surface area (Å²) < 4.78 is 38.4. The van der Waals surface area contributed by atoms with Crippen LogP contribution in [0.1, 0.15) is 16.7 Å². The smallest absolute Gasteiger partial charge is 0.227 e. The topological polar surface area (TPSA) is 85.2 Å². The maximum absolute atomic E-state index is 13.9. The lowest BCUT2D eigenvalue weighted by Crippen LogP contribution is -2.40. The van der Waals surface area contributed by atoms with Crippen LogP contribution in [0.25, 0.3) is 0 Å². The molecule has 1 atom stereocenters. The molecule has 1 aliphatic rings. The number of sulfone groups is 1. The van der Waals surface area contributed by atoms with Gasteiger partial charge in [-0.3, -0.25) is 0 Å². The van der Waals surface area contributed by atoms with Crippen LogP contribution in [0.2, 0.25) is 10.0 Å². The molecule has 6 nitrogen and oxygen atoms in total. The largest absolute Gasteiger partial charge is 0.497 e. The van der Waals surface area contributed by atoms with Crippen molar-refractivity contribution in [3.8, 4) is 11.5 Å². The van der Waals surface area contributed by atoms with E-state index in [4.69, 9.17) is 32.7 Å². The summed E-state index contributed by atoms with van der Waals surface area (Å²) in [4.78, 5) is 4.17. The fourth-order valence-electron chi connectivity index (χ4n) is 3.88. The number of hydrogen-bond donors (Lipinski definition) is 1. The van der Waals surface area contributed by atoms with Gasteiger partial charge < -0.3 is 14.6 Å². The molecule has 0 bridgehead atoms. The molecule has 166 valence electrons. The Morgan fingerprint density at radius 3 is 2.34 bits per heavy atom. The van der Waals surface area contributed by atoms with E-state index < -0.39 is 20.5 Å². The van der Waals surface area contributed by atoms with E-state index in [1.807, 2.05) is 0 Å². The number of nitrogens with zero attached hydrogens (tertiary/aromatic N) is 1. The van der Waals surface area contributed by atoms with Crippen molar-refractivity contribution < 1.29 is 23.0 Å². The maximum Gasteiger partial charge on any atom is 0.227 e. The number of methoxy groups -OCH3 is 2.